The Bertz CT molecular complexity index is 574. The van der Waals surface area contributed by atoms with E-state index in [0.717, 1.165) is 0 Å². The molecule has 106 valence electrons. The minimum absolute atomic E-state index is 0.0591. The molecule has 0 aromatic rings. The highest BCUT2D eigenvalue weighted by Gasteiger charge is 2.49. The summed E-state index contributed by atoms with van der Waals surface area (Å²) < 4.78 is 5.39. The lowest BCUT2D eigenvalue weighted by atomic mass is 10.1. The van der Waals surface area contributed by atoms with Crippen LogP contribution in [0.15, 0.2) is 15.0 Å². The number of rotatable bonds is 2. The first kappa shape index (κ1) is 13.4. The van der Waals surface area contributed by atoms with Crippen molar-refractivity contribution in [3.8, 4) is 0 Å². The van der Waals surface area contributed by atoms with E-state index in [1.807, 2.05) is 0 Å². The van der Waals surface area contributed by atoms with Gasteiger partial charge in [-0.15, -0.1) is 0 Å². The largest absolute Gasteiger partial charge is 0.394 e. The monoisotopic (exact) mass is 297 g/mol. The van der Waals surface area contributed by atoms with Crippen LogP contribution in [-0.2, 0) is 4.74 Å². The summed E-state index contributed by atoms with van der Waals surface area (Å²) in [5, 5.41) is 36.6. The number of hydrogen-bond acceptors (Lipinski definition) is 7. The molecule has 3 heterocycles. The van der Waals surface area contributed by atoms with Gasteiger partial charge in [-0.2, -0.15) is 0 Å². The third-order valence-electron chi connectivity index (χ3n) is 3.22. The van der Waals surface area contributed by atoms with Crippen LogP contribution in [0.25, 0.3) is 0 Å². The minimum atomic E-state index is -1.28. The quantitative estimate of drug-likeness (QED) is 0.431. The van der Waals surface area contributed by atoms with E-state index in [9.17, 15) is 10.2 Å². The van der Waals surface area contributed by atoms with Crippen molar-refractivity contribution >= 4 is 41.1 Å². The molecule has 0 saturated carbocycles. The van der Waals surface area contributed by atoms with E-state index in [1.165, 1.54) is 11.2 Å². The molecule has 4 atom stereocenters. The zero-order valence-corrected chi connectivity index (χ0v) is 10.9. The molecular formula is C10H11N5O4S. The van der Waals surface area contributed by atoms with Crippen molar-refractivity contribution in [1.29, 1.82) is 5.41 Å². The molecule has 3 aliphatic heterocycles. The van der Waals surface area contributed by atoms with Gasteiger partial charge in [0.25, 0.3) is 0 Å². The van der Waals surface area contributed by atoms with Crippen molar-refractivity contribution in [3.63, 3.8) is 0 Å². The van der Waals surface area contributed by atoms with Gasteiger partial charge in [0.2, 0.25) is 5.11 Å². The zero-order chi connectivity index (χ0) is 14.4. The standard InChI is InChI=1S/C10H11N5O4S/c11-7-4-8(13-2-12-7)15(10(20)14-4)9-6(18)5(17)3(1-16)19-9/h2-3,5-6,9,11,16-18H,1H2/t3-,5-,6-,9-/m1/s1. The fourth-order valence-corrected chi connectivity index (χ4v) is 2.49. The summed E-state index contributed by atoms with van der Waals surface area (Å²) in [5.74, 6) is 0.149. The number of amidine groups is 2. The molecule has 0 spiro atoms. The van der Waals surface area contributed by atoms with Crippen molar-refractivity contribution in [1.82, 2.24) is 4.90 Å². The summed E-state index contributed by atoms with van der Waals surface area (Å²) in [6, 6.07) is 0. The second-order valence-electron chi connectivity index (χ2n) is 4.39. The number of nitrogens with one attached hydrogen (secondary N) is 1. The van der Waals surface area contributed by atoms with E-state index in [4.69, 9.17) is 27.5 Å². The maximum absolute atomic E-state index is 10.0. The summed E-state index contributed by atoms with van der Waals surface area (Å²) in [6.07, 6.45) is -3.28. The molecule has 9 nitrogen and oxygen atoms in total. The smallest absolute Gasteiger partial charge is 0.204 e. The number of hydrogen-bond donors (Lipinski definition) is 4. The minimum Gasteiger partial charge on any atom is -0.394 e. The predicted molar refractivity (Wildman–Crippen MR) is 73.3 cm³/mol. The fraction of sp³-hybridized carbons (Fsp3) is 0.500. The van der Waals surface area contributed by atoms with Crippen LogP contribution in [0.4, 0.5) is 0 Å². The lowest BCUT2D eigenvalue weighted by molar-refractivity contribution is -0.0513. The summed E-state index contributed by atoms with van der Waals surface area (Å²) in [5.41, 5.74) is 0.190. The Kier molecular flexibility index (Phi) is 3.18. The van der Waals surface area contributed by atoms with Crippen molar-refractivity contribution in [2.45, 2.75) is 24.5 Å². The maximum atomic E-state index is 10.0. The molecule has 0 aromatic carbocycles. The van der Waals surface area contributed by atoms with Gasteiger partial charge in [-0.1, -0.05) is 0 Å². The normalized spacial score (nSPS) is 36.2. The molecule has 0 unspecified atom stereocenters. The molecule has 20 heavy (non-hydrogen) atoms. The molecule has 4 N–H and O–H groups in total. The van der Waals surface area contributed by atoms with Crippen LogP contribution >= 0.6 is 12.2 Å². The lowest BCUT2D eigenvalue weighted by Gasteiger charge is -2.27. The number of thiocarbonyl (C=S) groups is 1. The first-order valence-corrected chi connectivity index (χ1v) is 6.19. The second-order valence-corrected chi connectivity index (χ2v) is 4.75. The Morgan fingerprint density at radius 3 is 2.80 bits per heavy atom. The molecule has 1 fully saturated rings. The number of aliphatic imine (C=N–C) groups is 3. The number of aliphatic hydroxyl groups excluding tert-OH is 3. The first-order valence-electron chi connectivity index (χ1n) is 5.78. The highest BCUT2D eigenvalue weighted by Crippen LogP contribution is 2.27. The molecule has 10 heteroatoms. The first-order chi connectivity index (χ1) is 9.54. The van der Waals surface area contributed by atoms with Crippen LogP contribution < -0.4 is 0 Å². The lowest BCUT2D eigenvalue weighted by Crippen LogP contribution is -2.49. The Balaban J connectivity index is 1.92. The average molecular weight is 297 g/mol. The van der Waals surface area contributed by atoms with E-state index in [1.54, 1.807) is 0 Å². The summed E-state index contributed by atoms with van der Waals surface area (Å²) >= 11 is 5.08. The van der Waals surface area contributed by atoms with Crippen LogP contribution in [0.2, 0.25) is 0 Å². The van der Waals surface area contributed by atoms with Gasteiger partial charge in [-0.25, -0.2) is 15.0 Å². The van der Waals surface area contributed by atoms with Gasteiger partial charge in [0.05, 0.1) is 6.61 Å². The molecule has 1 saturated heterocycles. The predicted octanol–water partition coefficient (Wildman–Crippen LogP) is -2.12. The van der Waals surface area contributed by atoms with E-state index < -0.39 is 31.1 Å². The van der Waals surface area contributed by atoms with Gasteiger partial charge in [-0.05, 0) is 12.2 Å². The van der Waals surface area contributed by atoms with Crippen molar-refractivity contribution in [2.75, 3.05) is 6.61 Å². The average Bonchev–Trinajstić information content (AvgIpc) is 2.90. The summed E-state index contributed by atoms with van der Waals surface area (Å²) in [6.45, 7) is -0.438. The van der Waals surface area contributed by atoms with E-state index in [2.05, 4.69) is 15.0 Å². The molecule has 0 aliphatic carbocycles. The fourth-order valence-electron chi connectivity index (χ4n) is 2.21. The molecule has 0 bridgehead atoms. The number of ether oxygens (including phenoxy) is 1. The maximum Gasteiger partial charge on any atom is 0.204 e. The Hall–Kier alpha value is -1.59. The van der Waals surface area contributed by atoms with E-state index in [0.29, 0.717) is 0 Å². The Morgan fingerprint density at radius 2 is 2.15 bits per heavy atom. The molecule has 3 rings (SSSR count). The van der Waals surface area contributed by atoms with Crippen LogP contribution in [0.3, 0.4) is 0 Å². The highest BCUT2D eigenvalue weighted by molar-refractivity contribution is 7.80. The SMILES string of the molecule is N=C1N=CN=C2C1=NC(=S)N2[C@@H]1O[C@H](CO)[C@@H](O)[C@H]1O. The van der Waals surface area contributed by atoms with Crippen LogP contribution in [0.5, 0.6) is 0 Å². The van der Waals surface area contributed by atoms with Gasteiger partial charge in [0.15, 0.2) is 23.6 Å². The molecule has 0 radical (unpaired) electrons. The number of nitrogens with zero attached hydrogens (tertiary/aromatic N) is 4. The topological polar surface area (TPSA) is 134 Å². The van der Waals surface area contributed by atoms with Crippen molar-refractivity contribution in [3.05, 3.63) is 0 Å². The molecule has 0 aromatic heterocycles. The zero-order valence-electron chi connectivity index (χ0n) is 10.0. The van der Waals surface area contributed by atoms with Crippen LogP contribution in [-0.4, -0.2) is 80.2 Å². The van der Waals surface area contributed by atoms with Crippen molar-refractivity contribution in [2.24, 2.45) is 15.0 Å². The van der Waals surface area contributed by atoms with Gasteiger partial charge in [-0.3, -0.25) is 10.3 Å². The number of fused-ring (bicyclic) bond motifs is 1. The summed E-state index contributed by atoms with van der Waals surface area (Å²) in [7, 11) is 0. The molecular weight excluding hydrogens is 286 g/mol. The van der Waals surface area contributed by atoms with Crippen molar-refractivity contribution < 1.29 is 20.1 Å². The highest BCUT2D eigenvalue weighted by atomic mass is 32.1. The summed E-state index contributed by atoms with van der Waals surface area (Å²) in [4.78, 5) is 13.0. The second kappa shape index (κ2) is 4.75. The Morgan fingerprint density at radius 1 is 1.40 bits per heavy atom. The van der Waals surface area contributed by atoms with E-state index >= 15 is 0 Å². The Labute approximate surface area is 118 Å². The molecule has 3 aliphatic rings. The number of aliphatic hydroxyl groups is 3. The third-order valence-corrected chi connectivity index (χ3v) is 3.50. The molecule has 0 amide bonds. The van der Waals surface area contributed by atoms with Gasteiger partial charge < -0.3 is 20.1 Å². The van der Waals surface area contributed by atoms with Gasteiger partial charge in [0.1, 0.15) is 24.7 Å². The van der Waals surface area contributed by atoms with Crippen LogP contribution in [0.1, 0.15) is 0 Å². The van der Waals surface area contributed by atoms with Gasteiger partial charge >= 0.3 is 0 Å². The van der Waals surface area contributed by atoms with Gasteiger partial charge in [0, 0.05) is 0 Å². The third kappa shape index (κ3) is 1.81. The van der Waals surface area contributed by atoms with Crippen LogP contribution in [0, 0.1) is 5.41 Å². The van der Waals surface area contributed by atoms with E-state index in [-0.39, 0.29) is 22.5 Å².